The molecule has 0 spiro atoms. The van der Waals surface area contributed by atoms with Gasteiger partial charge in [-0.2, -0.15) is 0 Å². The highest BCUT2D eigenvalue weighted by Gasteiger charge is 2.25. The van der Waals surface area contributed by atoms with Crippen molar-refractivity contribution in [3.8, 4) is 0 Å². The Morgan fingerprint density at radius 2 is 1.84 bits per heavy atom. The predicted molar refractivity (Wildman–Crippen MR) is 73.2 cm³/mol. The quantitative estimate of drug-likeness (QED) is 0.891. The Bertz CT molecular complexity index is 438. The molecular weight excluding hydrogens is 242 g/mol. The summed E-state index contributed by atoms with van der Waals surface area (Å²) in [6.45, 7) is 7.71. The minimum atomic E-state index is -0.361. The zero-order valence-corrected chi connectivity index (χ0v) is 11.9. The Kier molecular flexibility index (Phi) is 5.03. The number of rotatable bonds is 4. The van der Waals surface area contributed by atoms with Gasteiger partial charge in [0.25, 0.3) is 0 Å². The van der Waals surface area contributed by atoms with Crippen molar-refractivity contribution in [2.45, 2.75) is 39.8 Å². The minimum absolute atomic E-state index is 0.0733. The maximum atomic E-state index is 11.9. The number of hydrogen-bond acceptors (Lipinski definition) is 3. The van der Waals surface area contributed by atoms with Crippen molar-refractivity contribution in [1.29, 1.82) is 0 Å². The highest BCUT2D eigenvalue weighted by Crippen LogP contribution is 2.12. The zero-order chi connectivity index (χ0) is 14.5. The van der Waals surface area contributed by atoms with Gasteiger partial charge in [-0.3, -0.25) is 14.6 Å². The summed E-state index contributed by atoms with van der Waals surface area (Å²) in [5.41, 5.74) is 0.619. The van der Waals surface area contributed by atoms with E-state index in [2.05, 4.69) is 10.3 Å². The Hall–Kier alpha value is -1.91. The summed E-state index contributed by atoms with van der Waals surface area (Å²) in [4.78, 5) is 28.9. The fraction of sp³-hybridized carbons (Fsp3) is 0.500. The molecule has 2 amide bonds. The van der Waals surface area contributed by atoms with Crippen LogP contribution in [0, 0.1) is 0 Å². The van der Waals surface area contributed by atoms with Gasteiger partial charge in [-0.15, -0.1) is 0 Å². The summed E-state index contributed by atoms with van der Waals surface area (Å²) in [6.07, 6.45) is 3.36. The number of hydrogen-bond donors (Lipinski definition) is 1. The lowest BCUT2D eigenvalue weighted by Crippen LogP contribution is -2.49. The SMILES string of the molecule is CC(=O)N(CC(=O)NCc1ccncc1)C(C)(C)C. The second-order valence-electron chi connectivity index (χ2n) is 5.41. The molecule has 1 rings (SSSR count). The van der Waals surface area contributed by atoms with Gasteiger partial charge in [0.15, 0.2) is 0 Å². The average Bonchev–Trinajstić information content (AvgIpc) is 2.33. The first-order valence-electron chi connectivity index (χ1n) is 6.24. The number of carbonyl (C=O) groups excluding carboxylic acids is 2. The van der Waals surface area contributed by atoms with Crippen LogP contribution in [-0.4, -0.2) is 33.8 Å². The summed E-state index contributed by atoms with van der Waals surface area (Å²) in [7, 11) is 0. The number of nitrogens with one attached hydrogen (secondary N) is 1. The molecule has 19 heavy (non-hydrogen) atoms. The van der Waals surface area contributed by atoms with Crippen LogP contribution < -0.4 is 5.32 Å². The molecule has 0 saturated carbocycles. The molecule has 5 heteroatoms. The van der Waals surface area contributed by atoms with E-state index in [4.69, 9.17) is 0 Å². The fourth-order valence-electron chi connectivity index (χ4n) is 1.72. The second-order valence-corrected chi connectivity index (χ2v) is 5.41. The van der Waals surface area contributed by atoms with Gasteiger partial charge in [0.2, 0.25) is 11.8 Å². The lowest BCUT2D eigenvalue weighted by atomic mass is 10.1. The largest absolute Gasteiger partial charge is 0.350 e. The molecule has 0 aliphatic heterocycles. The standard InChI is InChI=1S/C14H21N3O2/c1-11(18)17(14(2,3)4)10-13(19)16-9-12-5-7-15-8-6-12/h5-8H,9-10H2,1-4H3,(H,16,19). The average molecular weight is 263 g/mol. The van der Waals surface area contributed by atoms with E-state index in [0.717, 1.165) is 5.56 Å². The van der Waals surface area contributed by atoms with E-state index in [0.29, 0.717) is 6.54 Å². The van der Waals surface area contributed by atoms with Gasteiger partial charge in [0.05, 0.1) is 0 Å². The molecule has 1 aromatic rings. The van der Waals surface area contributed by atoms with Gasteiger partial charge in [0.1, 0.15) is 6.54 Å². The van der Waals surface area contributed by atoms with Crippen molar-refractivity contribution in [2.75, 3.05) is 6.54 Å². The van der Waals surface area contributed by atoms with Crippen LogP contribution in [0.25, 0.3) is 0 Å². The molecule has 1 heterocycles. The summed E-state index contributed by atoms with van der Waals surface area (Å²) < 4.78 is 0. The molecule has 1 N–H and O–H groups in total. The van der Waals surface area contributed by atoms with E-state index >= 15 is 0 Å². The number of nitrogens with zero attached hydrogens (tertiary/aromatic N) is 2. The number of pyridine rings is 1. The lowest BCUT2D eigenvalue weighted by Gasteiger charge is -2.34. The molecular formula is C14H21N3O2. The summed E-state index contributed by atoms with van der Waals surface area (Å²) in [5.74, 6) is -0.270. The molecule has 0 unspecified atom stereocenters. The highest BCUT2D eigenvalue weighted by molar-refractivity contribution is 5.84. The van der Waals surface area contributed by atoms with Crippen LogP contribution in [0.3, 0.4) is 0 Å². The van der Waals surface area contributed by atoms with Gasteiger partial charge in [-0.25, -0.2) is 0 Å². The maximum absolute atomic E-state index is 11.9. The van der Waals surface area contributed by atoms with Crippen LogP contribution in [-0.2, 0) is 16.1 Å². The first-order valence-corrected chi connectivity index (χ1v) is 6.24. The van der Waals surface area contributed by atoms with Gasteiger partial charge < -0.3 is 10.2 Å². The Labute approximate surface area is 114 Å². The minimum Gasteiger partial charge on any atom is -0.350 e. The normalized spacial score (nSPS) is 10.9. The Balaban J connectivity index is 2.52. The number of amides is 2. The van der Waals surface area contributed by atoms with Crippen LogP contribution in [0.5, 0.6) is 0 Å². The first kappa shape index (κ1) is 15.1. The van der Waals surface area contributed by atoms with Crippen LogP contribution in [0.15, 0.2) is 24.5 Å². The van der Waals surface area contributed by atoms with Gasteiger partial charge >= 0.3 is 0 Å². The van der Waals surface area contributed by atoms with Crippen LogP contribution in [0.2, 0.25) is 0 Å². The smallest absolute Gasteiger partial charge is 0.239 e. The van der Waals surface area contributed by atoms with E-state index in [1.165, 1.54) is 6.92 Å². The van der Waals surface area contributed by atoms with Crippen molar-refractivity contribution < 1.29 is 9.59 Å². The molecule has 5 nitrogen and oxygen atoms in total. The van der Waals surface area contributed by atoms with E-state index in [-0.39, 0.29) is 23.9 Å². The molecule has 0 atom stereocenters. The van der Waals surface area contributed by atoms with E-state index in [1.807, 2.05) is 32.9 Å². The van der Waals surface area contributed by atoms with Crippen molar-refractivity contribution in [1.82, 2.24) is 15.2 Å². The molecule has 0 aromatic carbocycles. The second kappa shape index (κ2) is 6.31. The molecule has 0 aliphatic carbocycles. The molecule has 0 aliphatic rings. The third-order valence-electron chi connectivity index (χ3n) is 2.73. The fourth-order valence-corrected chi connectivity index (χ4v) is 1.72. The third kappa shape index (κ3) is 5.07. The third-order valence-corrected chi connectivity index (χ3v) is 2.73. The van der Waals surface area contributed by atoms with Crippen LogP contribution >= 0.6 is 0 Å². The van der Waals surface area contributed by atoms with E-state index < -0.39 is 0 Å². The maximum Gasteiger partial charge on any atom is 0.239 e. The summed E-state index contributed by atoms with van der Waals surface area (Å²) in [6, 6.07) is 3.68. The highest BCUT2D eigenvalue weighted by atomic mass is 16.2. The molecule has 104 valence electrons. The van der Waals surface area contributed by atoms with Crippen molar-refractivity contribution >= 4 is 11.8 Å². The van der Waals surface area contributed by atoms with Crippen molar-refractivity contribution in [2.24, 2.45) is 0 Å². The van der Waals surface area contributed by atoms with Gasteiger partial charge in [0, 0.05) is 31.4 Å². The van der Waals surface area contributed by atoms with Crippen molar-refractivity contribution in [3.05, 3.63) is 30.1 Å². The van der Waals surface area contributed by atoms with Crippen LogP contribution in [0.1, 0.15) is 33.3 Å². The molecule has 0 bridgehead atoms. The lowest BCUT2D eigenvalue weighted by molar-refractivity contribution is -0.139. The van der Waals surface area contributed by atoms with Crippen molar-refractivity contribution in [3.63, 3.8) is 0 Å². The molecule has 1 aromatic heterocycles. The van der Waals surface area contributed by atoms with Gasteiger partial charge in [-0.1, -0.05) is 0 Å². The van der Waals surface area contributed by atoms with E-state index in [9.17, 15) is 9.59 Å². The topological polar surface area (TPSA) is 62.3 Å². The zero-order valence-electron chi connectivity index (χ0n) is 11.9. The summed E-state index contributed by atoms with van der Waals surface area (Å²) in [5, 5.41) is 2.80. The Morgan fingerprint density at radius 3 is 2.32 bits per heavy atom. The monoisotopic (exact) mass is 263 g/mol. The summed E-state index contributed by atoms with van der Waals surface area (Å²) >= 11 is 0. The Morgan fingerprint density at radius 1 is 1.26 bits per heavy atom. The predicted octanol–water partition coefficient (Wildman–Crippen LogP) is 1.34. The van der Waals surface area contributed by atoms with Gasteiger partial charge in [-0.05, 0) is 38.5 Å². The molecule has 0 saturated heterocycles. The first-order chi connectivity index (χ1) is 8.80. The number of carbonyl (C=O) groups is 2. The number of aromatic nitrogens is 1. The van der Waals surface area contributed by atoms with Crippen LogP contribution in [0.4, 0.5) is 0 Å². The van der Waals surface area contributed by atoms with E-state index in [1.54, 1.807) is 17.3 Å². The molecule has 0 fully saturated rings. The molecule has 0 radical (unpaired) electrons.